The first-order valence-electron chi connectivity index (χ1n) is 4.46. The summed E-state index contributed by atoms with van der Waals surface area (Å²) >= 11 is 0. The molecule has 0 aliphatic carbocycles. The van der Waals surface area contributed by atoms with Crippen molar-refractivity contribution >= 4 is 5.97 Å². The van der Waals surface area contributed by atoms with Crippen molar-refractivity contribution in [2.24, 2.45) is 0 Å². The highest BCUT2D eigenvalue weighted by molar-refractivity contribution is 5.60. The Morgan fingerprint density at radius 3 is 2.46 bits per heavy atom. The lowest BCUT2D eigenvalue weighted by molar-refractivity contribution is -0.802. The molecule has 1 rings (SSSR count). The lowest BCUT2D eigenvalue weighted by atomic mass is 10.4. The van der Waals surface area contributed by atoms with Gasteiger partial charge in [-0.25, -0.2) is 0 Å². The zero-order valence-corrected chi connectivity index (χ0v) is 8.46. The smallest absolute Gasteiger partial charge is 0.109 e. The number of carbonyl (C=O) groups excluding carboxylic acids is 1. The number of carboxylic acid groups (broad SMARTS) is 1. The summed E-state index contributed by atoms with van der Waals surface area (Å²) in [5, 5.41) is 8.89. The number of allylic oxidation sites excluding steroid dienone is 3. The second kappa shape index (κ2) is 6.43. The molecular formula is C10H17NO2. The fraction of sp³-hybridized carbons (Fsp3) is 0.500. The van der Waals surface area contributed by atoms with Crippen molar-refractivity contribution in [2.75, 3.05) is 6.54 Å². The third-order valence-corrected chi connectivity index (χ3v) is 1.67. The summed E-state index contributed by atoms with van der Waals surface area (Å²) in [5.74, 6) is -1.08. The minimum absolute atomic E-state index is 0.972. The van der Waals surface area contributed by atoms with Gasteiger partial charge in [0.2, 0.25) is 0 Å². The lowest BCUT2D eigenvalue weighted by Gasteiger charge is -2.08. The molecule has 0 amide bonds. The number of hydrogen-bond donors (Lipinski definition) is 1. The van der Waals surface area contributed by atoms with E-state index < -0.39 is 5.97 Å². The fourth-order valence-corrected chi connectivity index (χ4v) is 1.10. The molecule has 1 aliphatic rings. The van der Waals surface area contributed by atoms with Gasteiger partial charge in [-0.15, -0.1) is 0 Å². The van der Waals surface area contributed by atoms with E-state index in [4.69, 9.17) is 9.90 Å². The van der Waals surface area contributed by atoms with Crippen LogP contribution in [0.25, 0.3) is 0 Å². The van der Waals surface area contributed by atoms with Gasteiger partial charge < -0.3 is 9.90 Å². The van der Waals surface area contributed by atoms with Crippen LogP contribution in [0.3, 0.4) is 0 Å². The second-order valence-corrected chi connectivity index (χ2v) is 2.98. The van der Waals surface area contributed by atoms with Crippen LogP contribution in [0.2, 0.25) is 0 Å². The van der Waals surface area contributed by atoms with Crippen molar-refractivity contribution < 1.29 is 14.8 Å². The zero-order valence-electron chi connectivity index (χ0n) is 8.46. The van der Waals surface area contributed by atoms with Crippen LogP contribution in [-0.2, 0) is 4.79 Å². The molecule has 0 aromatic rings. The molecule has 0 aromatic heterocycles. The molecule has 74 valence electrons. The van der Waals surface area contributed by atoms with Crippen molar-refractivity contribution in [3.63, 3.8) is 0 Å². The molecule has 0 spiro atoms. The summed E-state index contributed by atoms with van der Waals surface area (Å²) in [5.41, 5.74) is 1.44. The highest BCUT2D eigenvalue weighted by Gasteiger charge is 2.08. The molecule has 0 aromatic carbocycles. The first kappa shape index (κ1) is 11.9. The standard InChI is InChI=1S/C8H13N.C2H4O2/c1-3-6-9-7-4-5-8(9)2;1-2(3)4/h4-5,7H,3,6H2,1-2H3;1H3,(H,3,4). The third-order valence-electron chi connectivity index (χ3n) is 1.67. The van der Waals surface area contributed by atoms with Crippen LogP contribution in [0.15, 0.2) is 24.0 Å². The molecule has 0 fully saturated rings. The molecule has 0 radical (unpaired) electrons. The second-order valence-electron chi connectivity index (χ2n) is 2.98. The molecule has 1 unspecified atom stereocenters. The van der Waals surface area contributed by atoms with E-state index in [1.807, 2.05) is 0 Å². The van der Waals surface area contributed by atoms with Gasteiger partial charge in [-0.05, 0) is 25.5 Å². The van der Waals surface area contributed by atoms with Gasteiger partial charge in [0, 0.05) is 12.9 Å². The van der Waals surface area contributed by atoms with E-state index >= 15 is 0 Å². The molecular weight excluding hydrogens is 166 g/mol. The maximum absolute atomic E-state index is 8.89. The van der Waals surface area contributed by atoms with Crippen molar-refractivity contribution in [3.8, 4) is 0 Å². The van der Waals surface area contributed by atoms with E-state index in [0.29, 0.717) is 0 Å². The number of carbonyl (C=O) groups is 1. The van der Waals surface area contributed by atoms with Crippen molar-refractivity contribution in [2.45, 2.75) is 27.2 Å². The van der Waals surface area contributed by atoms with Crippen molar-refractivity contribution in [1.82, 2.24) is 0 Å². The van der Waals surface area contributed by atoms with E-state index in [9.17, 15) is 0 Å². The predicted octanol–water partition coefficient (Wildman–Crippen LogP) is -0.531. The number of quaternary nitrogens is 1. The Bertz CT molecular complexity index is 215. The normalized spacial score (nSPS) is 19.0. The third kappa shape index (κ3) is 6.11. The van der Waals surface area contributed by atoms with Crippen LogP contribution in [-0.4, -0.2) is 12.5 Å². The van der Waals surface area contributed by atoms with Crippen LogP contribution in [0.1, 0.15) is 27.2 Å². The Balaban J connectivity index is 0.000000310. The Morgan fingerprint density at radius 1 is 1.62 bits per heavy atom. The minimum atomic E-state index is -1.08. The highest BCUT2D eigenvalue weighted by atomic mass is 16.4. The van der Waals surface area contributed by atoms with Crippen LogP contribution in [0, 0.1) is 0 Å². The maximum atomic E-state index is 8.89. The molecule has 13 heavy (non-hydrogen) atoms. The average molecular weight is 183 g/mol. The highest BCUT2D eigenvalue weighted by Crippen LogP contribution is 1.88. The number of carboxylic acids is 1. The van der Waals surface area contributed by atoms with E-state index in [-0.39, 0.29) is 0 Å². The Hall–Kier alpha value is -1.09. The zero-order chi connectivity index (χ0) is 10.3. The van der Waals surface area contributed by atoms with Crippen LogP contribution >= 0.6 is 0 Å². The molecule has 1 N–H and O–H groups in total. The van der Waals surface area contributed by atoms with Gasteiger partial charge in [-0.3, -0.25) is 4.90 Å². The minimum Gasteiger partial charge on any atom is -0.550 e. The summed E-state index contributed by atoms with van der Waals surface area (Å²) in [6, 6.07) is 0. The first-order chi connectivity index (χ1) is 6.07. The van der Waals surface area contributed by atoms with Crippen LogP contribution in [0.4, 0.5) is 0 Å². The van der Waals surface area contributed by atoms with E-state index in [2.05, 4.69) is 32.2 Å². The summed E-state index contributed by atoms with van der Waals surface area (Å²) < 4.78 is 0. The first-order valence-corrected chi connectivity index (χ1v) is 4.46. The van der Waals surface area contributed by atoms with E-state index in [1.165, 1.54) is 23.6 Å². The lowest BCUT2D eigenvalue weighted by Crippen LogP contribution is -3.04. The Kier molecular flexibility index (Phi) is 5.89. The molecule has 0 saturated carbocycles. The van der Waals surface area contributed by atoms with Gasteiger partial charge in [0.25, 0.3) is 0 Å². The number of aliphatic carboxylic acids is 1. The molecule has 1 atom stereocenters. The van der Waals surface area contributed by atoms with Gasteiger partial charge in [-0.2, -0.15) is 0 Å². The number of hydrogen-bond acceptors (Lipinski definition) is 2. The molecule has 0 saturated heterocycles. The fourth-order valence-electron chi connectivity index (χ4n) is 1.10. The number of nitrogens with one attached hydrogen (secondary N) is 1. The maximum Gasteiger partial charge on any atom is 0.109 e. The Morgan fingerprint density at radius 2 is 2.15 bits per heavy atom. The summed E-state index contributed by atoms with van der Waals surface area (Å²) in [6.07, 6.45) is 7.76. The van der Waals surface area contributed by atoms with Gasteiger partial charge in [0.1, 0.15) is 5.70 Å². The SMILES string of the molecule is CC(=O)[O-].CCC[NH+]1C=CC=C1C. The Labute approximate surface area is 79.4 Å². The van der Waals surface area contributed by atoms with Crippen molar-refractivity contribution in [3.05, 3.63) is 24.0 Å². The summed E-state index contributed by atoms with van der Waals surface area (Å²) in [4.78, 5) is 10.4. The average Bonchev–Trinajstić information content (AvgIpc) is 2.36. The van der Waals surface area contributed by atoms with Crippen LogP contribution < -0.4 is 10.0 Å². The molecule has 1 heterocycles. The predicted molar refractivity (Wildman–Crippen MR) is 49.7 cm³/mol. The monoisotopic (exact) mass is 183 g/mol. The van der Waals surface area contributed by atoms with Gasteiger partial charge >= 0.3 is 0 Å². The number of rotatable bonds is 2. The summed E-state index contributed by atoms with van der Waals surface area (Å²) in [7, 11) is 0. The molecule has 1 aliphatic heterocycles. The van der Waals surface area contributed by atoms with Gasteiger partial charge in [-0.1, -0.05) is 6.92 Å². The largest absolute Gasteiger partial charge is 0.550 e. The van der Waals surface area contributed by atoms with Crippen molar-refractivity contribution in [1.29, 1.82) is 0 Å². The van der Waals surface area contributed by atoms with Crippen LogP contribution in [0.5, 0.6) is 0 Å². The molecule has 0 bridgehead atoms. The quantitative estimate of drug-likeness (QED) is 0.625. The molecule has 3 nitrogen and oxygen atoms in total. The van der Waals surface area contributed by atoms with Gasteiger partial charge in [0.15, 0.2) is 0 Å². The summed E-state index contributed by atoms with van der Waals surface area (Å²) in [6.45, 7) is 6.59. The van der Waals surface area contributed by atoms with E-state index in [1.54, 1.807) is 0 Å². The van der Waals surface area contributed by atoms with E-state index in [0.717, 1.165) is 6.92 Å². The van der Waals surface area contributed by atoms with Gasteiger partial charge in [0.05, 0.1) is 12.7 Å². The topological polar surface area (TPSA) is 44.6 Å². The molecule has 3 heteroatoms.